The van der Waals surface area contributed by atoms with Crippen molar-refractivity contribution in [3.8, 4) is 5.19 Å². The monoisotopic (exact) mass is 299 g/mol. The smallest absolute Gasteiger partial charge is 0.295 e. The molecule has 1 aromatic heterocycles. The summed E-state index contributed by atoms with van der Waals surface area (Å²) >= 11 is 1.15. The van der Waals surface area contributed by atoms with Gasteiger partial charge >= 0.3 is 0 Å². The Morgan fingerprint density at radius 2 is 1.95 bits per heavy atom. The molecule has 0 aromatic carbocycles. The third-order valence-electron chi connectivity index (χ3n) is 3.68. The molecule has 0 bridgehead atoms. The van der Waals surface area contributed by atoms with Crippen LogP contribution in [0.25, 0.3) is 0 Å². The molecule has 6 nitrogen and oxygen atoms in total. The minimum Gasteiger partial charge on any atom is -0.472 e. The summed E-state index contributed by atoms with van der Waals surface area (Å²) in [6, 6.07) is 0. The molecule has 0 radical (unpaired) electrons. The summed E-state index contributed by atoms with van der Waals surface area (Å²) in [6.45, 7) is 0. The lowest BCUT2D eigenvalue weighted by Crippen LogP contribution is -2.34. The third kappa shape index (κ3) is 4.14. The summed E-state index contributed by atoms with van der Waals surface area (Å²) < 4.78 is 4.91. The van der Waals surface area contributed by atoms with E-state index < -0.39 is 12.0 Å². The molecule has 2 N–H and O–H groups in total. The predicted molar refractivity (Wildman–Crippen MR) is 76.9 cm³/mol. The molecule has 1 aliphatic rings. The number of aromatic nitrogens is 2. The van der Waals surface area contributed by atoms with Crippen molar-refractivity contribution in [2.45, 2.75) is 51.0 Å². The molecule has 112 valence electrons. The van der Waals surface area contributed by atoms with Crippen molar-refractivity contribution >= 4 is 22.4 Å². The van der Waals surface area contributed by atoms with E-state index in [1.807, 2.05) is 0 Å². The van der Waals surface area contributed by atoms with Gasteiger partial charge < -0.3 is 9.84 Å². The van der Waals surface area contributed by atoms with E-state index in [1.165, 1.54) is 26.4 Å². The fraction of sp³-hybridized carbons (Fsp3) is 0.769. The average Bonchev–Trinajstić information content (AvgIpc) is 2.85. The number of carbonyl (C=O) groups is 1. The Balaban J connectivity index is 1.89. The molecular formula is C13H21N3O3S. The highest BCUT2D eigenvalue weighted by molar-refractivity contribution is 7.17. The van der Waals surface area contributed by atoms with Gasteiger partial charge in [0.05, 0.1) is 7.11 Å². The molecule has 1 amide bonds. The SMILES string of the molecule is COc1nnc(NC(=O)C(O)C2CCCCCCC2)s1. The minimum absolute atomic E-state index is 0.0464. The number of anilines is 1. The van der Waals surface area contributed by atoms with E-state index in [4.69, 9.17) is 4.74 Å². The summed E-state index contributed by atoms with van der Waals surface area (Å²) in [6.07, 6.45) is 6.67. The molecule has 1 unspecified atom stereocenters. The first-order chi connectivity index (χ1) is 9.70. The second-order valence-electron chi connectivity index (χ2n) is 5.12. The highest BCUT2D eigenvalue weighted by Crippen LogP contribution is 2.26. The van der Waals surface area contributed by atoms with Gasteiger partial charge in [0.2, 0.25) is 5.13 Å². The number of nitrogens with zero attached hydrogens (tertiary/aromatic N) is 2. The summed E-state index contributed by atoms with van der Waals surface area (Å²) in [5.74, 6) is -0.348. The number of methoxy groups -OCH3 is 1. The standard InChI is InChI=1S/C13H21N3O3S/c1-19-13-16-15-12(20-13)14-11(18)10(17)9-7-5-3-2-4-6-8-9/h9-10,17H,2-8H2,1H3,(H,14,15,18). The van der Waals surface area contributed by atoms with E-state index in [9.17, 15) is 9.90 Å². The van der Waals surface area contributed by atoms with Gasteiger partial charge in [0.1, 0.15) is 6.10 Å². The molecule has 1 atom stereocenters. The van der Waals surface area contributed by atoms with Crippen molar-refractivity contribution in [1.82, 2.24) is 10.2 Å². The van der Waals surface area contributed by atoms with Crippen LogP contribution in [0.3, 0.4) is 0 Å². The second-order valence-corrected chi connectivity index (χ2v) is 6.06. The van der Waals surface area contributed by atoms with Gasteiger partial charge in [-0.2, -0.15) is 0 Å². The van der Waals surface area contributed by atoms with E-state index in [-0.39, 0.29) is 5.92 Å². The zero-order valence-corrected chi connectivity index (χ0v) is 12.5. The minimum atomic E-state index is -0.969. The Bertz CT molecular complexity index is 430. The first kappa shape index (κ1) is 15.2. The van der Waals surface area contributed by atoms with Gasteiger partial charge in [-0.3, -0.25) is 10.1 Å². The maximum Gasteiger partial charge on any atom is 0.295 e. The molecule has 0 spiro atoms. The lowest BCUT2D eigenvalue weighted by Gasteiger charge is -2.23. The van der Waals surface area contributed by atoms with Crippen LogP contribution in [0.2, 0.25) is 0 Å². The van der Waals surface area contributed by atoms with Crippen LogP contribution in [0.1, 0.15) is 44.9 Å². The van der Waals surface area contributed by atoms with Crippen LogP contribution in [-0.4, -0.2) is 34.4 Å². The van der Waals surface area contributed by atoms with Gasteiger partial charge in [-0.25, -0.2) is 0 Å². The van der Waals surface area contributed by atoms with Crippen molar-refractivity contribution in [2.24, 2.45) is 5.92 Å². The van der Waals surface area contributed by atoms with Crippen LogP contribution >= 0.6 is 11.3 Å². The number of ether oxygens (including phenoxy) is 1. The number of aliphatic hydroxyl groups is 1. The first-order valence-corrected chi connectivity index (χ1v) is 7.89. The van der Waals surface area contributed by atoms with Crippen LogP contribution in [-0.2, 0) is 4.79 Å². The van der Waals surface area contributed by atoms with Crippen molar-refractivity contribution in [2.75, 3.05) is 12.4 Å². The van der Waals surface area contributed by atoms with Crippen LogP contribution in [0.5, 0.6) is 5.19 Å². The summed E-state index contributed by atoms with van der Waals surface area (Å²) in [5.41, 5.74) is 0. The number of hydrogen-bond donors (Lipinski definition) is 2. The number of hydrogen-bond acceptors (Lipinski definition) is 6. The molecule has 2 rings (SSSR count). The first-order valence-electron chi connectivity index (χ1n) is 7.07. The number of rotatable bonds is 4. The molecule has 1 aliphatic carbocycles. The number of carbonyl (C=O) groups excluding carboxylic acids is 1. The molecule has 7 heteroatoms. The van der Waals surface area contributed by atoms with Gasteiger partial charge in [0, 0.05) is 0 Å². The van der Waals surface area contributed by atoms with Crippen molar-refractivity contribution < 1.29 is 14.6 Å². The largest absolute Gasteiger partial charge is 0.472 e. The molecule has 1 fully saturated rings. The van der Waals surface area contributed by atoms with Crippen LogP contribution in [0.15, 0.2) is 0 Å². The summed E-state index contributed by atoms with van der Waals surface area (Å²) in [5, 5.41) is 21.1. The Labute approximate surface area is 122 Å². The van der Waals surface area contributed by atoms with E-state index in [0.29, 0.717) is 10.3 Å². The second kappa shape index (κ2) is 7.54. The molecular weight excluding hydrogens is 278 g/mol. The lowest BCUT2D eigenvalue weighted by atomic mass is 9.87. The highest BCUT2D eigenvalue weighted by Gasteiger charge is 2.27. The fourth-order valence-electron chi connectivity index (χ4n) is 2.54. The van der Waals surface area contributed by atoms with E-state index >= 15 is 0 Å². The molecule has 0 saturated heterocycles. The maximum atomic E-state index is 12.0. The molecule has 1 saturated carbocycles. The van der Waals surface area contributed by atoms with Gasteiger partial charge in [0.25, 0.3) is 11.1 Å². The van der Waals surface area contributed by atoms with Crippen molar-refractivity contribution in [1.29, 1.82) is 0 Å². The Hall–Kier alpha value is -1.21. The van der Waals surface area contributed by atoms with E-state index in [2.05, 4.69) is 15.5 Å². The van der Waals surface area contributed by atoms with Crippen LogP contribution in [0.4, 0.5) is 5.13 Å². The van der Waals surface area contributed by atoms with E-state index in [1.54, 1.807) is 0 Å². The number of nitrogens with one attached hydrogen (secondary N) is 1. The number of aliphatic hydroxyl groups excluding tert-OH is 1. The van der Waals surface area contributed by atoms with Gasteiger partial charge in [-0.15, -0.1) is 5.10 Å². The zero-order valence-electron chi connectivity index (χ0n) is 11.7. The Morgan fingerprint density at radius 3 is 2.55 bits per heavy atom. The average molecular weight is 299 g/mol. The molecule has 1 aromatic rings. The maximum absolute atomic E-state index is 12.0. The predicted octanol–water partition coefficient (Wildman–Crippen LogP) is 2.21. The van der Waals surface area contributed by atoms with Crippen molar-refractivity contribution in [3.05, 3.63) is 0 Å². The van der Waals surface area contributed by atoms with Crippen LogP contribution < -0.4 is 10.1 Å². The number of amides is 1. The Morgan fingerprint density at radius 1 is 1.30 bits per heavy atom. The lowest BCUT2D eigenvalue weighted by molar-refractivity contribution is -0.127. The highest BCUT2D eigenvalue weighted by atomic mass is 32.1. The normalized spacial score (nSPS) is 18.9. The zero-order chi connectivity index (χ0) is 14.4. The van der Waals surface area contributed by atoms with E-state index in [0.717, 1.165) is 37.0 Å². The third-order valence-corrected chi connectivity index (χ3v) is 4.48. The summed E-state index contributed by atoms with van der Waals surface area (Å²) in [7, 11) is 1.50. The summed E-state index contributed by atoms with van der Waals surface area (Å²) in [4.78, 5) is 12.0. The fourth-order valence-corrected chi connectivity index (χ4v) is 3.10. The van der Waals surface area contributed by atoms with Crippen LogP contribution in [0, 0.1) is 5.92 Å². The molecule has 0 aliphatic heterocycles. The Kier molecular flexibility index (Phi) is 5.72. The van der Waals surface area contributed by atoms with Gasteiger partial charge in [0.15, 0.2) is 0 Å². The molecule has 20 heavy (non-hydrogen) atoms. The molecule has 1 heterocycles. The van der Waals surface area contributed by atoms with Crippen molar-refractivity contribution in [3.63, 3.8) is 0 Å². The van der Waals surface area contributed by atoms with Gasteiger partial charge in [-0.1, -0.05) is 37.2 Å². The topological polar surface area (TPSA) is 84.3 Å². The quantitative estimate of drug-likeness (QED) is 0.890. The van der Waals surface area contributed by atoms with Gasteiger partial charge in [-0.05, 0) is 30.1 Å².